The Morgan fingerprint density at radius 2 is 1.54 bits per heavy atom. The maximum Gasteiger partial charge on any atom is 0.335 e. The lowest BCUT2D eigenvalue weighted by atomic mass is 9.62. The van der Waals surface area contributed by atoms with Gasteiger partial charge in [0.2, 0.25) is 0 Å². The van der Waals surface area contributed by atoms with Crippen molar-refractivity contribution in [1.82, 2.24) is 0 Å². The van der Waals surface area contributed by atoms with Crippen LogP contribution in [0.2, 0.25) is 0 Å². The highest BCUT2D eigenvalue weighted by atomic mass is 16.5. The van der Waals surface area contributed by atoms with Gasteiger partial charge in [0, 0.05) is 24.2 Å². The molecule has 0 spiro atoms. The van der Waals surface area contributed by atoms with Crippen LogP contribution in [0.25, 0.3) is 0 Å². The summed E-state index contributed by atoms with van der Waals surface area (Å²) in [7, 11) is 3.74. The minimum Gasteiger partial charge on any atom is -0.497 e. The summed E-state index contributed by atoms with van der Waals surface area (Å²) in [6.45, 7) is 9.32. The van der Waals surface area contributed by atoms with E-state index >= 15 is 0 Å². The monoisotopic (exact) mass is 468 g/mol. The molecule has 1 heterocycles. The Balaban J connectivity index is 1.82. The second-order valence-corrected chi connectivity index (χ2v) is 10.9. The number of aliphatic imine (C=N–C) groups is 1. The van der Waals surface area contributed by atoms with Gasteiger partial charge in [0.05, 0.1) is 35.4 Å². The zero-order chi connectivity index (χ0) is 25.1. The second-order valence-electron chi connectivity index (χ2n) is 10.9. The molecule has 1 N–H and O–H groups in total. The number of benzene rings is 3. The van der Waals surface area contributed by atoms with Crippen molar-refractivity contribution in [2.24, 2.45) is 4.99 Å². The molecule has 5 rings (SSSR count). The number of ether oxygens (including phenoxy) is 1. The van der Waals surface area contributed by atoms with Crippen molar-refractivity contribution in [3.63, 3.8) is 0 Å². The quantitative estimate of drug-likeness (QED) is 0.450. The Bertz CT molecular complexity index is 1370. The van der Waals surface area contributed by atoms with Crippen LogP contribution in [0.1, 0.15) is 73.1 Å². The van der Waals surface area contributed by atoms with Crippen molar-refractivity contribution >= 4 is 28.7 Å². The Kier molecular flexibility index (Phi) is 5.28. The smallest absolute Gasteiger partial charge is 0.335 e. The molecule has 0 radical (unpaired) electrons. The molecule has 5 heteroatoms. The average Bonchev–Trinajstić information content (AvgIpc) is 2.95. The molecule has 0 bridgehead atoms. The van der Waals surface area contributed by atoms with E-state index in [2.05, 4.69) is 51.8 Å². The van der Waals surface area contributed by atoms with Crippen molar-refractivity contribution in [3.8, 4) is 5.75 Å². The van der Waals surface area contributed by atoms with Crippen molar-refractivity contribution in [2.75, 3.05) is 19.1 Å². The molecule has 0 saturated heterocycles. The minimum atomic E-state index is -0.937. The molecule has 0 amide bonds. The first-order valence-corrected chi connectivity index (χ1v) is 12.1. The third-order valence-electron chi connectivity index (χ3n) is 7.77. The third-order valence-corrected chi connectivity index (χ3v) is 7.77. The number of carbonyl (C=O) groups is 1. The fourth-order valence-corrected chi connectivity index (χ4v) is 5.37. The van der Waals surface area contributed by atoms with E-state index in [0.29, 0.717) is 0 Å². The van der Waals surface area contributed by atoms with Crippen LogP contribution < -0.4 is 9.64 Å². The Morgan fingerprint density at radius 1 is 0.914 bits per heavy atom. The predicted molar refractivity (Wildman–Crippen MR) is 141 cm³/mol. The van der Waals surface area contributed by atoms with Gasteiger partial charge in [-0.2, -0.15) is 0 Å². The summed E-state index contributed by atoms with van der Waals surface area (Å²) >= 11 is 0. The molecule has 0 aromatic heterocycles. The molecule has 180 valence electrons. The van der Waals surface area contributed by atoms with Crippen LogP contribution in [-0.4, -0.2) is 30.9 Å². The fraction of sp³-hybridized carbons (Fsp3) is 0.333. The molecule has 0 unspecified atom stereocenters. The molecule has 35 heavy (non-hydrogen) atoms. The largest absolute Gasteiger partial charge is 0.497 e. The van der Waals surface area contributed by atoms with Gasteiger partial charge in [-0.05, 0) is 71.2 Å². The SMILES string of the molecule is COc1ccc2c(c1)N=C(c1ccc(C(=O)O)cc1)c1cc3c(cc1N2C)C(C)(C)CCC3(C)C. The maximum atomic E-state index is 11.5. The van der Waals surface area contributed by atoms with Crippen LogP contribution in [0, 0.1) is 0 Å². The van der Waals surface area contributed by atoms with Gasteiger partial charge in [0.25, 0.3) is 0 Å². The first-order valence-electron chi connectivity index (χ1n) is 12.1. The van der Waals surface area contributed by atoms with E-state index in [1.807, 2.05) is 30.3 Å². The number of methoxy groups -OCH3 is 1. The molecule has 1 aliphatic carbocycles. The molecule has 3 aromatic carbocycles. The highest BCUT2D eigenvalue weighted by molar-refractivity contribution is 6.19. The number of nitrogens with zero attached hydrogens (tertiary/aromatic N) is 2. The van der Waals surface area contributed by atoms with Crippen LogP contribution in [0.3, 0.4) is 0 Å². The Hall–Kier alpha value is -3.60. The normalized spacial score (nSPS) is 17.4. The van der Waals surface area contributed by atoms with Crippen molar-refractivity contribution in [1.29, 1.82) is 0 Å². The number of carboxylic acids is 1. The highest BCUT2D eigenvalue weighted by Gasteiger charge is 2.39. The lowest BCUT2D eigenvalue weighted by Gasteiger charge is -2.43. The zero-order valence-electron chi connectivity index (χ0n) is 21.3. The van der Waals surface area contributed by atoms with Crippen molar-refractivity contribution < 1.29 is 14.6 Å². The van der Waals surface area contributed by atoms with Crippen molar-refractivity contribution in [2.45, 2.75) is 51.4 Å². The molecule has 1 aliphatic heterocycles. The summed E-state index contributed by atoms with van der Waals surface area (Å²) in [5, 5.41) is 9.40. The number of rotatable bonds is 3. The predicted octanol–water partition coefficient (Wildman–Crippen LogP) is 6.99. The lowest BCUT2D eigenvalue weighted by Crippen LogP contribution is -2.34. The van der Waals surface area contributed by atoms with Crippen LogP contribution in [0.5, 0.6) is 5.75 Å². The molecule has 2 aliphatic rings. The van der Waals surface area contributed by atoms with E-state index in [0.717, 1.165) is 52.5 Å². The Morgan fingerprint density at radius 3 is 2.14 bits per heavy atom. The lowest BCUT2D eigenvalue weighted by molar-refractivity contribution is 0.0697. The van der Waals surface area contributed by atoms with Gasteiger partial charge in [-0.15, -0.1) is 0 Å². The summed E-state index contributed by atoms with van der Waals surface area (Å²) in [6, 6.07) is 17.6. The number of fused-ring (bicyclic) bond motifs is 3. The van der Waals surface area contributed by atoms with E-state index in [1.54, 1.807) is 19.2 Å². The molecule has 0 saturated carbocycles. The number of aromatic carboxylic acids is 1. The van der Waals surface area contributed by atoms with E-state index in [-0.39, 0.29) is 16.4 Å². The zero-order valence-corrected chi connectivity index (χ0v) is 21.3. The van der Waals surface area contributed by atoms with E-state index in [9.17, 15) is 9.90 Å². The third kappa shape index (κ3) is 3.79. The second kappa shape index (κ2) is 7.98. The van der Waals surface area contributed by atoms with Gasteiger partial charge in [-0.25, -0.2) is 9.79 Å². The van der Waals surface area contributed by atoms with Crippen LogP contribution in [-0.2, 0) is 10.8 Å². The van der Waals surface area contributed by atoms with E-state index in [1.165, 1.54) is 11.1 Å². The summed E-state index contributed by atoms with van der Waals surface area (Å²) < 4.78 is 5.50. The van der Waals surface area contributed by atoms with E-state index < -0.39 is 5.97 Å². The Labute approximate surface area is 207 Å². The van der Waals surface area contributed by atoms with E-state index in [4.69, 9.17) is 9.73 Å². The minimum absolute atomic E-state index is 0.0547. The molecular weight excluding hydrogens is 436 g/mol. The molecule has 0 fully saturated rings. The summed E-state index contributed by atoms with van der Waals surface area (Å²) in [5.74, 6) is -0.193. The van der Waals surface area contributed by atoms with Crippen molar-refractivity contribution in [3.05, 3.63) is 82.4 Å². The first kappa shape index (κ1) is 23.2. The fourth-order valence-electron chi connectivity index (χ4n) is 5.37. The van der Waals surface area contributed by atoms with Gasteiger partial charge in [-0.1, -0.05) is 39.8 Å². The van der Waals surface area contributed by atoms with Gasteiger partial charge >= 0.3 is 5.97 Å². The summed E-state index contributed by atoms with van der Waals surface area (Å²) in [5.41, 5.74) is 8.82. The molecule has 5 nitrogen and oxygen atoms in total. The molecular formula is C30H32N2O3. The number of hydrogen-bond acceptors (Lipinski definition) is 4. The maximum absolute atomic E-state index is 11.5. The first-order chi connectivity index (χ1) is 16.5. The molecule has 3 aromatic rings. The van der Waals surface area contributed by atoms with Gasteiger partial charge in [-0.3, -0.25) is 0 Å². The highest BCUT2D eigenvalue weighted by Crippen LogP contribution is 2.50. The topological polar surface area (TPSA) is 62.1 Å². The van der Waals surface area contributed by atoms with Crippen LogP contribution >= 0.6 is 0 Å². The summed E-state index contributed by atoms with van der Waals surface area (Å²) in [6.07, 6.45) is 2.26. The average molecular weight is 469 g/mol. The summed E-state index contributed by atoms with van der Waals surface area (Å²) in [4.78, 5) is 18.8. The number of hydrogen-bond donors (Lipinski definition) is 1. The van der Waals surface area contributed by atoms with Gasteiger partial charge in [0.15, 0.2) is 0 Å². The number of anilines is 2. The van der Waals surface area contributed by atoms with Crippen LogP contribution in [0.15, 0.2) is 59.6 Å². The van der Waals surface area contributed by atoms with Gasteiger partial charge < -0.3 is 14.7 Å². The number of carboxylic acid groups (broad SMARTS) is 1. The van der Waals surface area contributed by atoms with Gasteiger partial charge in [0.1, 0.15) is 5.75 Å². The van der Waals surface area contributed by atoms with Crippen LogP contribution in [0.4, 0.5) is 17.1 Å². The standard InChI is InChI=1S/C30H32N2O3/c1-29(2)13-14-30(3,4)23-17-26-21(16-22(23)29)27(18-7-9-19(10-8-18)28(33)34)31-24-15-20(35-6)11-12-25(24)32(26)5/h7-12,15-17H,13-14H2,1-6H3,(H,33,34). The molecule has 0 atom stereocenters.